The van der Waals surface area contributed by atoms with Crippen LogP contribution < -0.4 is 10.5 Å². The lowest BCUT2D eigenvalue weighted by Gasteiger charge is -2.17. The molecule has 2 aromatic rings. The summed E-state index contributed by atoms with van der Waals surface area (Å²) in [5.41, 5.74) is 6.47. The van der Waals surface area contributed by atoms with Crippen LogP contribution in [0.2, 0.25) is 0 Å². The topological polar surface area (TPSA) is 38.5 Å². The Kier molecular flexibility index (Phi) is 5.52. The lowest BCUT2D eigenvalue weighted by molar-refractivity contribution is 0.233. The number of thiocarbonyl (C=S) groups is 1. The van der Waals surface area contributed by atoms with Crippen molar-refractivity contribution in [1.29, 1.82) is 0 Å². The Hall–Kier alpha value is -1.43. The van der Waals surface area contributed by atoms with Crippen molar-refractivity contribution in [2.75, 3.05) is 20.2 Å². The second kappa shape index (κ2) is 7.38. The third-order valence-electron chi connectivity index (χ3n) is 2.89. The van der Waals surface area contributed by atoms with Gasteiger partial charge in [0.05, 0.1) is 5.56 Å². The van der Waals surface area contributed by atoms with Crippen molar-refractivity contribution in [3.63, 3.8) is 0 Å². The highest BCUT2D eigenvalue weighted by Gasteiger charge is 2.06. The Balaban J connectivity index is 1.82. The largest absolute Gasteiger partial charge is 0.492 e. The lowest BCUT2D eigenvalue weighted by Crippen LogP contribution is -2.24. The summed E-state index contributed by atoms with van der Waals surface area (Å²) in [6, 6.07) is 11.8. The number of nitrogens with zero attached hydrogens (tertiary/aromatic N) is 1. The Labute approximate surface area is 129 Å². The highest BCUT2D eigenvalue weighted by Crippen LogP contribution is 2.17. The summed E-state index contributed by atoms with van der Waals surface area (Å²) < 4.78 is 5.78. The van der Waals surface area contributed by atoms with Crippen molar-refractivity contribution in [3.8, 4) is 5.75 Å². The Bertz CT molecular complexity index is 555. The van der Waals surface area contributed by atoms with E-state index >= 15 is 0 Å². The number of likely N-dealkylation sites (N-methyl/N-ethyl adjacent to an activating group) is 1. The molecule has 0 aliphatic heterocycles. The summed E-state index contributed by atoms with van der Waals surface area (Å²) in [6.07, 6.45) is 0. The molecule has 5 heteroatoms. The fraction of sp³-hybridized carbons (Fsp3) is 0.267. The average Bonchev–Trinajstić information content (AvgIpc) is 2.92. The van der Waals surface area contributed by atoms with Crippen LogP contribution in [0.5, 0.6) is 5.75 Å². The Morgan fingerprint density at radius 1 is 1.30 bits per heavy atom. The molecule has 0 fully saturated rings. The lowest BCUT2D eigenvalue weighted by atomic mass is 10.2. The van der Waals surface area contributed by atoms with Crippen molar-refractivity contribution in [2.24, 2.45) is 5.73 Å². The van der Waals surface area contributed by atoms with E-state index in [0.29, 0.717) is 11.6 Å². The average molecular weight is 306 g/mol. The van der Waals surface area contributed by atoms with Gasteiger partial charge in [0.15, 0.2) is 0 Å². The summed E-state index contributed by atoms with van der Waals surface area (Å²) in [6.45, 7) is 2.41. The van der Waals surface area contributed by atoms with Gasteiger partial charge in [0.1, 0.15) is 17.3 Å². The second-order valence-electron chi connectivity index (χ2n) is 4.53. The van der Waals surface area contributed by atoms with Gasteiger partial charge in [0, 0.05) is 18.0 Å². The number of thiophene rings is 1. The zero-order chi connectivity index (χ0) is 14.4. The van der Waals surface area contributed by atoms with Gasteiger partial charge in [-0.2, -0.15) is 0 Å². The van der Waals surface area contributed by atoms with E-state index in [9.17, 15) is 0 Å². The molecule has 0 aliphatic rings. The highest BCUT2D eigenvalue weighted by atomic mass is 32.1. The molecule has 1 heterocycles. The van der Waals surface area contributed by atoms with Crippen LogP contribution in [-0.2, 0) is 6.54 Å². The van der Waals surface area contributed by atoms with Crippen LogP contribution in [0.4, 0.5) is 0 Å². The molecule has 0 bridgehead atoms. The molecule has 0 unspecified atom stereocenters. The number of rotatable bonds is 7. The first-order valence-electron chi connectivity index (χ1n) is 6.39. The fourth-order valence-electron chi connectivity index (χ4n) is 1.86. The van der Waals surface area contributed by atoms with Gasteiger partial charge in [-0.1, -0.05) is 30.4 Å². The maximum absolute atomic E-state index is 5.78. The monoisotopic (exact) mass is 306 g/mol. The summed E-state index contributed by atoms with van der Waals surface area (Å²) in [5.74, 6) is 0.754. The first-order chi connectivity index (χ1) is 9.66. The van der Waals surface area contributed by atoms with Crippen LogP contribution >= 0.6 is 23.6 Å². The standard InChI is InChI=1S/C15H18N2OS2/c1-17(11-12-5-4-10-20-12)8-9-18-14-7-3-2-6-13(14)15(16)19/h2-7,10H,8-9,11H2,1H3,(H2,16,19). The summed E-state index contributed by atoms with van der Waals surface area (Å²) in [7, 11) is 2.09. The molecular formula is C15H18N2OS2. The van der Waals surface area contributed by atoms with Crippen LogP contribution in [0.1, 0.15) is 10.4 Å². The molecular weight excluding hydrogens is 288 g/mol. The Morgan fingerprint density at radius 3 is 2.80 bits per heavy atom. The number of hydrogen-bond acceptors (Lipinski definition) is 4. The molecule has 0 spiro atoms. The number of para-hydroxylation sites is 1. The molecule has 0 amide bonds. The molecule has 106 valence electrons. The molecule has 0 radical (unpaired) electrons. The van der Waals surface area contributed by atoms with E-state index in [4.69, 9.17) is 22.7 Å². The molecule has 1 aromatic heterocycles. The molecule has 0 atom stereocenters. The predicted octanol–water partition coefficient (Wildman–Crippen LogP) is 2.89. The third kappa shape index (κ3) is 4.30. The molecule has 20 heavy (non-hydrogen) atoms. The zero-order valence-corrected chi connectivity index (χ0v) is 13.0. The zero-order valence-electron chi connectivity index (χ0n) is 11.4. The van der Waals surface area contributed by atoms with E-state index in [1.165, 1.54) is 4.88 Å². The minimum Gasteiger partial charge on any atom is -0.492 e. The van der Waals surface area contributed by atoms with Crippen LogP contribution in [0.15, 0.2) is 41.8 Å². The van der Waals surface area contributed by atoms with Gasteiger partial charge >= 0.3 is 0 Å². The van der Waals surface area contributed by atoms with Gasteiger partial charge < -0.3 is 10.5 Å². The van der Waals surface area contributed by atoms with Gasteiger partial charge in [-0.3, -0.25) is 4.90 Å². The normalized spacial score (nSPS) is 10.7. The number of nitrogens with two attached hydrogens (primary N) is 1. The van der Waals surface area contributed by atoms with Crippen molar-refractivity contribution in [1.82, 2.24) is 4.90 Å². The van der Waals surface area contributed by atoms with Gasteiger partial charge in [-0.25, -0.2) is 0 Å². The number of ether oxygens (including phenoxy) is 1. The maximum Gasteiger partial charge on any atom is 0.129 e. The predicted molar refractivity (Wildman–Crippen MR) is 88.5 cm³/mol. The van der Waals surface area contributed by atoms with Crippen molar-refractivity contribution in [3.05, 3.63) is 52.2 Å². The highest BCUT2D eigenvalue weighted by molar-refractivity contribution is 7.80. The maximum atomic E-state index is 5.78. The SMILES string of the molecule is CN(CCOc1ccccc1C(N)=S)Cc1cccs1. The van der Waals surface area contributed by atoms with E-state index in [2.05, 4.69) is 29.5 Å². The summed E-state index contributed by atoms with van der Waals surface area (Å²) in [4.78, 5) is 3.96. The van der Waals surface area contributed by atoms with Gasteiger partial charge in [-0.15, -0.1) is 11.3 Å². The minimum absolute atomic E-state index is 0.368. The second-order valence-corrected chi connectivity index (χ2v) is 6.00. The molecule has 2 rings (SSSR count). The summed E-state index contributed by atoms with van der Waals surface area (Å²) >= 11 is 6.79. The quantitative estimate of drug-likeness (QED) is 0.798. The smallest absolute Gasteiger partial charge is 0.129 e. The van der Waals surface area contributed by atoms with Crippen LogP contribution in [0.25, 0.3) is 0 Å². The van der Waals surface area contributed by atoms with Crippen molar-refractivity contribution < 1.29 is 4.74 Å². The molecule has 1 aromatic carbocycles. The van der Waals surface area contributed by atoms with Gasteiger partial charge in [0.2, 0.25) is 0 Å². The Morgan fingerprint density at radius 2 is 2.10 bits per heavy atom. The first-order valence-corrected chi connectivity index (χ1v) is 7.68. The first kappa shape index (κ1) is 15.0. The third-order valence-corrected chi connectivity index (χ3v) is 3.97. The van der Waals surface area contributed by atoms with Crippen molar-refractivity contribution >= 4 is 28.5 Å². The fourth-order valence-corrected chi connectivity index (χ4v) is 2.81. The number of hydrogen-bond donors (Lipinski definition) is 1. The van der Waals surface area contributed by atoms with E-state index in [0.717, 1.165) is 24.4 Å². The molecule has 2 N–H and O–H groups in total. The summed E-state index contributed by atoms with van der Waals surface area (Å²) in [5, 5.41) is 2.10. The van der Waals surface area contributed by atoms with Crippen molar-refractivity contribution in [2.45, 2.75) is 6.54 Å². The molecule has 0 saturated carbocycles. The van der Waals surface area contributed by atoms with Gasteiger partial charge in [0.25, 0.3) is 0 Å². The minimum atomic E-state index is 0.368. The van der Waals surface area contributed by atoms with E-state index in [-0.39, 0.29) is 0 Å². The van der Waals surface area contributed by atoms with E-state index in [1.54, 1.807) is 11.3 Å². The molecule has 0 aliphatic carbocycles. The van der Waals surface area contributed by atoms with Crippen LogP contribution in [0.3, 0.4) is 0 Å². The molecule has 3 nitrogen and oxygen atoms in total. The number of benzene rings is 1. The van der Waals surface area contributed by atoms with Crippen LogP contribution in [-0.4, -0.2) is 30.1 Å². The van der Waals surface area contributed by atoms with Gasteiger partial charge in [-0.05, 0) is 30.6 Å². The van der Waals surface area contributed by atoms with E-state index in [1.807, 2.05) is 24.3 Å². The van der Waals surface area contributed by atoms with Crippen LogP contribution in [0, 0.1) is 0 Å². The molecule has 0 saturated heterocycles. The van der Waals surface area contributed by atoms with E-state index < -0.39 is 0 Å².